The molecule has 0 bridgehead atoms. The molecule has 0 atom stereocenters. The molecule has 0 saturated heterocycles. The topological polar surface area (TPSA) is 70.4 Å². The Labute approximate surface area is 124 Å². The van der Waals surface area contributed by atoms with Crippen LogP contribution in [0.4, 0.5) is 5.69 Å². The van der Waals surface area contributed by atoms with Gasteiger partial charge in [-0.3, -0.25) is 9.78 Å². The average Bonchev–Trinajstić information content (AvgIpc) is 2.98. The number of furan rings is 1. The number of amides is 1. The van der Waals surface area contributed by atoms with Gasteiger partial charge in [0.15, 0.2) is 0 Å². The maximum atomic E-state index is 12.0. The Morgan fingerprint density at radius 1 is 1.38 bits per heavy atom. The largest absolute Gasteiger partial charge is 0.467 e. The lowest BCUT2D eigenvalue weighted by molar-refractivity contribution is 0.0947. The van der Waals surface area contributed by atoms with Crippen LogP contribution < -0.4 is 10.6 Å². The maximum absolute atomic E-state index is 12.0. The molecule has 0 unspecified atom stereocenters. The number of carbonyl (C=O) groups excluding carboxylic acids is 1. The van der Waals surface area contributed by atoms with E-state index in [-0.39, 0.29) is 5.91 Å². The molecule has 0 spiro atoms. The van der Waals surface area contributed by atoms with Crippen LogP contribution in [-0.4, -0.2) is 43.0 Å². The van der Waals surface area contributed by atoms with Crippen LogP contribution in [0, 0.1) is 0 Å². The summed E-state index contributed by atoms with van der Waals surface area (Å²) in [4.78, 5) is 18.2. The van der Waals surface area contributed by atoms with Crippen molar-refractivity contribution in [2.75, 3.05) is 32.5 Å². The van der Waals surface area contributed by atoms with Gasteiger partial charge in [0, 0.05) is 25.5 Å². The summed E-state index contributed by atoms with van der Waals surface area (Å²) in [6.07, 6.45) is 4.84. The average molecular weight is 288 g/mol. The van der Waals surface area contributed by atoms with Crippen LogP contribution in [0.2, 0.25) is 0 Å². The second-order valence-corrected chi connectivity index (χ2v) is 4.95. The maximum Gasteiger partial charge on any atom is 0.253 e. The van der Waals surface area contributed by atoms with Crippen LogP contribution in [0.15, 0.2) is 41.3 Å². The van der Waals surface area contributed by atoms with E-state index in [2.05, 4.69) is 20.5 Å². The Kier molecular flexibility index (Phi) is 5.34. The van der Waals surface area contributed by atoms with Gasteiger partial charge < -0.3 is 20.0 Å². The fourth-order valence-electron chi connectivity index (χ4n) is 1.77. The highest BCUT2D eigenvalue weighted by atomic mass is 16.3. The van der Waals surface area contributed by atoms with Gasteiger partial charge in [-0.2, -0.15) is 0 Å². The number of nitrogens with zero attached hydrogens (tertiary/aromatic N) is 2. The number of aromatic nitrogens is 1. The standard InChI is InChI=1S/C15H20N4O2/c1-19(2)6-5-17-13-8-12(9-16-10-13)15(20)18-11-14-4-3-7-21-14/h3-4,7-10,17H,5-6,11H2,1-2H3,(H,18,20). The predicted octanol–water partition coefficient (Wildman–Crippen LogP) is 1.58. The fourth-order valence-corrected chi connectivity index (χ4v) is 1.77. The molecule has 0 aliphatic rings. The smallest absolute Gasteiger partial charge is 0.253 e. The zero-order valence-corrected chi connectivity index (χ0v) is 12.3. The van der Waals surface area contributed by atoms with E-state index in [0.29, 0.717) is 12.1 Å². The van der Waals surface area contributed by atoms with E-state index >= 15 is 0 Å². The van der Waals surface area contributed by atoms with Gasteiger partial charge in [0.25, 0.3) is 5.91 Å². The van der Waals surface area contributed by atoms with E-state index in [1.807, 2.05) is 20.2 Å². The number of carbonyl (C=O) groups is 1. The van der Waals surface area contributed by atoms with Crippen molar-refractivity contribution >= 4 is 11.6 Å². The van der Waals surface area contributed by atoms with E-state index < -0.39 is 0 Å². The molecule has 0 aliphatic heterocycles. The summed E-state index contributed by atoms with van der Waals surface area (Å²) in [5.41, 5.74) is 1.36. The van der Waals surface area contributed by atoms with Crippen molar-refractivity contribution in [1.82, 2.24) is 15.2 Å². The van der Waals surface area contributed by atoms with Gasteiger partial charge in [-0.05, 0) is 32.3 Å². The first kappa shape index (κ1) is 15.1. The van der Waals surface area contributed by atoms with Gasteiger partial charge >= 0.3 is 0 Å². The summed E-state index contributed by atoms with van der Waals surface area (Å²) in [7, 11) is 4.02. The zero-order chi connectivity index (χ0) is 15.1. The first-order valence-electron chi connectivity index (χ1n) is 6.79. The molecule has 112 valence electrons. The Hall–Kier alpha value is -2.34. The van der Waals surface area contributed by atoms with Gasteiger partial charge in [-0.15, -0.1) is 0 Å². The molecule has 2 heterocycles. The molecule has 2 N–H and O–H groups in total. The number of pyridine rings is 1. The van der Waals surface area contributed by atoms with E-state index in [1.54, 1.807) is 30.8 Å². The van der Waals surface area contributed by atoms with Crippen molar-refractivity contribution in [2.24, 2.45) is 0 Å². The molecular formula is C15H20N4O2. The molecule has 6 nitrogen and oxygen atoms in total. The van der Waals surface area contributed by atoms with Crippen molar-refractivity contribution in [2.45, 2.75) is 6.54 Å². The summed E-state index contributed by atoms with van der Waals surface area (Å²) < 4.78 is 5.17. The van der Waals surface area contributed by atoms with Crippen molar-refractivity contribution < 1.29 is 9.21 Å². The van der Waals surface area contributed by atoms with Crippen molar-refractivity contribution in [3.63, 3.8) is 0 Å². The van der Waals surface area contributed by atoms with Gasteiger partial charge in [0.2, 0.25) is 0 Å². The SMILES string of the molecule is CN(C)CCNc1cncc(C(=O)NCc2ccco2)c1. The molecule has 0 fully saturated rings. The number of hydrogen-bond acceptors (Lipinski definition) is 5. The molecule has 0 saturated carbocycles. The summed E-state index contributed by atoms with van der Waals surface area (Å²) in [5, 5.41) is 6.03. The third-order valence-corrected chi connectivity index (χ3v) is 2.89. The lowest BCUT2D eigenvalue weighted by Gasteiger charge is -2.11. The summed E-state index contributed by atoms with van der Waals surface area (Å²) in [5.74, 6) is 0.548. The normalized spacial score (nSPS) is 10.6. The minimum absolute atomic E-state index is 0.171. The van der Waals surface area contributed by atoms with E-state index in [1.165, 1.54) is 0 Å². The van der Waals surface area contributed by atoms with Crippen LogP contribution in [0.5, 0.6) is 0 Å². The molecule has 2 aromatic rings. The highest BCUT2D eigenvalue weighted by molar-refractivity contribution is 5.94. The van der Waals surface area contributed by atoms with Crippen LogP contribution in [0.1, 0.15) is 16.1 Å². The molecule has 2 rings (SSSR count). The van der Waals surface area contributed by atoms with Crippen molar-refractivity contribution in [3.05, 3.63) is 48.2 Å². The Morgan fingerprint density at radius 3 is 2.95 bits per heavy atom. The summed E-state index contributed by atoms with van der Waals surface area (Å²) in [6, 6.07) is 5.40. The lowest BCUT2D eigenvalue weighted by atomic mass is 10.2. The minimum atomic E-state index is -0.171. The Morgan fingerprint density at radius 2 is 2.24 bits per heavy atom. The number of rotatable bonds is 7. The van der Waals surface area contributed by atoms with Gasteiger partial charge in [0.1, 0.15) is 5.76 Å². The fraction of sp³-hybridized carbons (Fsp3) is 0.333. The molecule has 0 aromatic carbocycles. The highest BCUT2D eigenvalue weighted by Crippen LogP contribution is 2.08. The van der Waals surface area contributed by atoms with Crippen LogP contribution in [-0.2, 0) is 6.54 Å². The number of hydrogen-bond donors (Lipinski definition) is 2. The van der Waals surface area contributed by atoms with Gasteiger partial charge in [-0.25, -0.2) is 0 Å². The molecule has 0 aliphatic carbocycles. The monoisotopic (exact) mass is 288 g/mol. The van der Waals surface area contributed by atoms with E-state index in [0.717, 1.165) is 24.5 Å². The zero-order valence-electron chi connectivity index (χ0n) is 12.3. The van der Waals surface area contributed by atoms with Gasteiger partial charge in [0.05, 0.1) is 24.1 Å². The minimum Gasteiger partial charge on any atom is -0.467 e. The van der Waals surface area contributed by atoms with Crippen LogP contribution in [0.25, 0.3) is 0 Å². The first-order chi connectivity index (χ1) is 10.1. The molecule has 0 radical (unpaired) electrons. The second-order valence-electron chi connectivity index (χ2n) is 4.95. The number of anilines is 1. The van der Waals surface area contributed by atoms with E-state index in [4.69, 9.17) is 4.42 Å². The van der Waals surface area contributed by atoms with Gasteiger partial charge in [-0.1, -0.05) is 0 Å². The quantitative estimate of drug-likeness (QED) is 0.809. The molecule has 1 amide bonds. The molecule has 21 heavy (non-hydrogen) atoms. The lowest BCUT2D eigenvalue weighted by Crippen LogP contribution is -2.23. The van der Waals surface area contributed by atoms with E-state index in [9.17, 15) is 4.79 Å². The molecule has 2 aromatic heterocycles. The van der Waals surface area contributed by atoms with Crippen molar-refractivity contribution in [1.29, 1.82) is 0 Å². The first-order valence-corrected chi connectivity index (χ1v) is 6.79. The van der Waals surface area contributed by atoms with Crippen molar-refractivity contribution in [3.8, 4) is 0 Å². The Bertz CT molecular complexity index is 567. The third kappa shape index (κ3) is 4.92. The molecular weight excluding hydrogens is 268 g/mol. The summed E-state index contributed by atoms with van der Waals surface area (Å²) >= 11 is 0. The number of nitrogens with one attached hydrogen (secondary N) is 2. The predicted molar refractivity (Wildman–Crippen MR) is 81.2 cm³/mol. The summed E-state index contributed by atoms with van der Waals surface area (Å²) in [6.45, 7) is 2.07. The molecule has 6 heteroatoms. The van der Waals surface area contributed by atoms with Crippen LogP contribution in [0.3, 0.4) is 0 Å². The van der Waals surface area contributed by atoms with Crippen LogP contribution >= 0.6 is 0 Å². The third-order valence-electron chi connectivity index (χ3n) is 2.89. The number of likely N-dealkylation sites (N-methyl/N-ethyl adjacent to an activating group) is 1. The highest BCUT2D eigenvalue weighted by Gasteiger charge is 2.07. The second kappa shape index (κ2) is 7.44. The Balaban J connectivity index is 1.88.